The SMILES string of the molecule is Cc1cccc(N2C(=O)C(Nc3cccc(Cl)c3C)=C(c3ccccc3)C2=O)c1C. The first-order valence-electron chi connectivity index (χ1n) is 9.67. The molecule has 4 nitrogen and oxygen atoms in total. The van der Waals surface area contributed by atoms with Crippen LogP contribution in [0.15, 0.2) is 72.4 Å². The zero-order valence-electron chi connectivity index (χ0n) is 17.0. The van der Waals surface area contributed by atoms with Crippen molar-refractivity contribution < 1.29 is 9.59 Å². The molecule has 1 aliphatic heterocycles. The maximum absolute atomic E-state index is 13.5. The van der Waals surface area contributed by atoms with Crippen molar-refractivity contribution in [1.82, 2.24) is 0 Å². The Kier molecular flexibility index (Phi) is 5.18. The molecular formula is C25H21ClN2O2. The highest BCUT2D eigenvalue weighted by Gasteiger charge is 2.41. The molecule has 0 bridgehead atoms. The fourth-order valence-electron chi connectivity index (χ4n) is 3.59. The fraction of sp³-hybridized carbons (Fsp3) is 0.120. The van der Waals surface area contributed by atoms with Crippen molar-refractivity contribution >= 4 is 40.4 Å². The van der Waals surface area contributed by atoms with Gasteiger partial charge in [0.25, 0.3) is 11.8 Å². The van der Waals surface area contributed by atoms with Crippen molar-refractivity contribution in [1.29, 1.82) is 0 Å². The molecule has 150 valence electrons. The lowest BCUT2D eigenvalue weighted by Crippen LogP contribution is -2.33. The molecule has 3 aromatic carbocycles. The number of benzene rings is 3. The van der Waals surface area contributed by atoms with Crippen LogP contribution in [0.5, 0.6) is 0 Å². The largest absolute Gasteiger partial charge is 0.350 e. The molecule has 0 atom stereocenters. The van der Waals surface area contributed by atoms with Crippen LogP contribution in [0, 0.1) is 20.8 Å². The zero-order chi connectivity index (χ0) is 21.4. The Morgan fingerprint density at radius 2 is 1.47 bits per heavy atom. The van der Waals surface area contributed by atoms with Crippen molar-refractivity contribution in [2.24, 2.45) is 0 Å². The van der Waals surface area contributed by atoms with Crippen molar-refractivity contribution in [2.75, 3.05) is 10.2 Å². The third kappa shape index (κ3) is 3.29. The van der Waals surface area contributed by atoms with Gasteiger partial charge in [0.05, 0.1) is 11.3 Å². The molecule has 0 fully saturated rings. The minimum absolute atomic E-state index is 0.248. The number of aryl methyl sites for hydroxylation is 1. The molecule has 1 heterocycles. The quantitative estimate of drug-likeness (QED) is 0.558. The van der Waals surface area contributed by atoms with Crippen LogP contribution in [0.25, 0.3) is 5.57 Å². The van der Waals surface area contributed by atoms with Crippen molar-refractivity contribution in [3.63, 3.8) is 0 Å². The summed E-state index contributed by atoms with van der Waals surface area (Å²) < 4.78 is 0. The number of halogens is 1. The van der Waals surface area contributed by atoms with E-state index in [1.807, 2.05) is 75.4 Å². The Hall–Kier alpha value is -3.37. The van der Waals surface area contributed by atoms with Gasteiger partial charge in [-0.1, -0.05) is 60.1 Å². The van der Waals surface area contributed by atoms with Crippen LogP contribution in [-0.2, 0) is 9.59 Å². The molecular weight excluding hydrogens is 396 g/mol. The smallest absolute Gasteiger partial charge is 0.282 e. The van der Waals surface area contributed by atoms with Gasteiger partial charge < -0.3 is 5.32 Å². The van der Waals surface area contributed by atoms with Crippen LogP contribution in [0.4, 0.5) is 11.4 Å². The van der Waals surface area contributed by atoms with Crippen LogP contribution in [0.3, 0.4) is 0 Å². The van der Waals surface area contributed by atoms with Crippen LogP contribution in [0.1, 0.15) is 22.3 Å². The number of amides is 2. The number of hydrogen-bond donors (Lipinski definition) is 1. The summed E-state index contributed by atoms with van der Waals surface area (Å²) in [5, 5.41) is 3.78. The molecule has 5 heteroatoms. The number of anilines is 2. The number of carbonyl (C=O) groups excluding carboxylic acids is 2. The van der Waals surface area contributed by atoms with Crippen LogP contribution in [0.2, 0.25) is 5.02 Å². The van der Waals surface area contributed by atoms with Gasteiger partial charge in [-0.2, -0.15) is 0 Å². The molecule has 0 aromatic heterocycles. The molecule has 0 radical (unpaired) electrons. The van der Waals surface area contributed by atoms with E-state index < -0.39 is 0 Å². The van der Waals surface area contributed by atoms with Gasteiger partial charge in [-0.25, -0.2) is 4.90 Å². The number of nitrogens with one attached hydrogen (secondary N) is 1. The van der Waals surface area contributed by atoms with E-state index in [-0.39, 0.29) is 17.5 Å². The summed E-state index contributed by atoms with van der Waals surface area (Å²) >= 11 is 6.26. The van der Waals surface area contributed by atoms with E-state index in [9.17, 15) is 9.59 Å². The Morgan fingerprint density at radius 3 is 2.20 bits per heavy atom. The van der Waals surface area contributed by atoms with Gasteiger partial charge in [-0.05, 0) is 61.2 Å². The van der Waals surface area contributed by atoms with E-state index in [2.05, 4.69) is 5.32 Å². The molecule has 30 heavy (non-hydrogen) atoms. The van der Waals surface area contributed by atoms with E-state index in [0.29, 0.717) is 27.5 Å². The number of rotatable bonds is 4. The molecule has 4 rings (SSSR count). The lowest BCUT2D eigenvalue weighted by atomic mass is 10.0. The molecule has 1 N–H and O–H groups in total. The second-order valence-electron chi connectivity index (χ2n) is 7.32. The van der Waals surface area contributed by atoms with E-state index in [1.165, 1.54) is 4.90 Å². The molecule has 0 spiro atoms. The van der Waals surface area contributed by atoms with Gasteiger partial charge in [0.15, 0.2) is 0 Å². The van der Waals surface area contributed by atoms with Crippen molar-refractivity contribution in [2.45, 2.75) is 20.8 Å². The molecule has 0 saturated heterocycles. The van der Waals surface area contributed by atoms with Crippen LogP contribution >= 0.6 is 11.6 Å². The predicted molar refractivity (Wildman–Crippen MR) is 122 cm³/mol. The minimum atomic E-state index is -0.382. The summed E-state index contributed by atoms with van der Waals surface area (Å²) in [4.78, 5) is 28.3. The Balaban J connectivity index is 1.87. The second-order valence-corrected chi connectivity index (χ2v) is 7.73. The zero-order valence-corrected chi connectivity index (χ0v) is 17.7. The topological polar surface area (TPSA) is 49.4 Å². The third-order valence-corrected chi connectivity index (χ3v) is 5.90. The summed E-state index contributed by atoms with van der Waals surface area (Å²) in [6.07, 6.45) is 0. The number of nitrogens with zero attached hydrogens (tertiary/aromatic N) is 1. The van der Waals surface area contributed by atoms with E-state index >= 15 is 0 Å². The van der Waals surface area contributed by atoms with Gasteiger partial charge in [0.2, 0.25) is 0 Å². The maximum atomic E-state index is 13.5. The van der Waals surface area contributed by atoms with E-state index in [0.717, 1.165) is 16.7 Å². The average Bonchev–Trinajstić information content (AvgIpc) is 2.98. The van der Waals surface area contributed by atoms with Crippen molar-refractivity contribution in [3.05, 3.63) is 99.7 Å². The van der Waals surface area contributed by atoms with E-state index in [1.54, 1.807) is 12.1 Å². The Bertz CT molecular complexity index is 1200. The van der Waals surface area contributed by atoms with Crippen molar-refractivity contribution in [3.8, 4) is 0 Å². The van der Waals surface area contributed by atoms with Gasteiger partial charge in [0, 0.05) is 10.7 Å². The summed E-state index contributed by atoms with van der Waals surface area (Å²) in [6, 6.07) is 20.3. The first-order valence-corrected chi connectivity index (χ1v) is 10.0. The maximum Gasteiger partial charge on any atom is 0.282 e. The molecule has 3 aromatic rings. The molecule has 2 amide bonds. The highest BCUT2D eigenvalue weighted by molar-refractivity contribution is 6.46. The van der Waals surface area contributed by atoms with E-state index in [4.69, 9.17) is 11.6 Å². The van der Waals surface area contributed by atoms with Gasteiger partial charge >= 0.3 is 0 Å². The van der Waals surface area contributed by atoms with Gasteiger partial charge in [-0.15, -0.1) is 0 Å². The first kappa shape index (κ1) is 19.9. The summed E-state index contributed by atoms with van der Waals surface area (Å²) in [6.45, 7) is 5.75. The van der Waals surface area contributed by atoms with Gasteiger partial charge in [0.1, 0.15) is 5.70 Å². The normalized spacial score (nSPS) is 13.9. The Labute approximate surface area is 180 Å². The Morgan fingerprint density at radius 1 is 0.767 bits per heavy atom. The number of imide groups is 1. The molecule has 0 saturated carbocycles. The number of carbonyl (C=O) groups is 2. The van der Waals surface area contributed by atoms with Crippen LogP contribution in [-0.4, -0.2) is 11.8 Å². The predicted octanol–water partition coefficient (Wildman–Crippen LogP) is 5.66. The second kappa shape index (κ2) is 7.81. The lowest BCUT2D eigenvalue weighted by molar-refractivity contribution is -0.120. The van der Waals surface area contributed by atoms with Crippen LogP contribution < -0.4 is 10.2 Å². The molecule has 0 aliphatic carbocycles. The fourth-order valence-corrected chi connectivity index (χ4v) is 3.77. The first-order chi connectivity index (χ1) is 14.4. The summed E-state index contributed by atoms with van der Waals surface area (Å²) in [7, 11) is 0. The summed E-state index contributed by atoms with van der Waals surface area (Å²) in [5.41, 5.74) is 5.29. The minimum Gasteiger partial charge on any atom is -0.350 e. The highest BCUT2D eigenvalue weighted by Crippen LogP contribution is 2.36. The third-order valence-electron chi connectivity index (χ3n) is 5.49. The highest BCUT2D eigenvalue weighted by atomic mass is 35.5. The number of hydrogen-bond acceptors (Lipinski definition) is 3. The standard InChI is InChI=1S/C25H21ClN2O2/c1-15-9-7-14-21(16(15)2)28-24(29)22(18-10-5-4-6-11-18)23(25(28)30)27-20-13-8-12-19(26)17(20)3/h4-14,27H,1-3H3. The molecule has 0 unspecified atom stereocenters. The lowest BCUT2D eigenvalue weighted by Gasteiger charge is -2.19. The summed E-state index contributed by atoms with van der Waals surface area (Å²) in [5.74, 6) is -0.728. The average molecular weight is 417 g/mol. The van der Waals surface area contributed by atoms with Gasteiger partial charge in [-0.3, -0.25) is 9.59 Å². The molecule has 1 aliphatic rings. The monoisotopic (exact) mass is 416 g/mol.